The number of fused-ring (bicyclic) bond motifs is 1. The SMILES string of the molecule is CCCc1ccc(C(C)C2Cc3ccc(C(C)O)c(F)c3C(=O)O2)cc1F. The fraction of sp³-hybridized carbons (Fsp3) is 0.409. The number of aliphatic hydroxyl groups is 1. The summed E-state index contributed by atoms with van der Waals surface area (Å²) in [7, 11) is 0. The monoisotopic (exact) mass is 374 g/mol. The van der Waals surface area contributed by atoms with E-state index >= 15 is 0 Å². The first-order valence-corrected chi connectivity index (χ1v) is 9.32. The van der Waals surface area contributed by atoms with Gasteiger partial charge in [-0.05, 0) is 36.1 Å². The molecule has 0 spiro atoms. The highest BCUT2D eigenvalue weighted by Crippen LogP contribution is 2.33. The summed E-state index contributed by atoms with van der Waals surface area (Å²) in [4.78, 5) is 12.4. The lowest BCUT2D eigenvalue weighted by molar-refractivity contribution is 0.0192. The van der Waals surface area contributed by atoms with Crippen LogP contribution >= 0.6 is 0 Å². The molecule has 2 aromatic carbocycles. The first-order valence-electron chi connectivity index (χ1n) is 9.32. The molecule has 0 aliphatic carbocycles. The Labute approximate surface area is 158 Å². The van der Waals surface area contributed by atoms with Crippen molar-refractivity contribution in [1.29, 1.82) is 0 Å². The van der Waals surface area contributed by atoms with Crippen molar-refractivity contribution in [2.24, 2.45) is 0 Å². The van der Waals surface area contributed by atoms with E-state index in [1.54, 1.807) is 12.1 Å². The zero-order valence-corrected chi connectivity index (χ0v) is 15.8. The Morgan fingerprint density at radius 1 is 1.22 bits per heavy atom. The second-order valence-corrected chi connectivity index (χ2v) is 7.22. The number of rotatable bonds is 5. The molecule has 0 bridgehead atoms. The Bertz CT molecular complexity index is 861. The normalized spacial score (nSPS) is 18.6. The van der Waals surface area contributed by atoms with Gasteiger partial charge in [-0.15, -0.1) is 0 Å². The number of benzene rings is 2. The zero-order chi connectivity index (χ0) is 19.7. The Morgan fingerprint density at radius 2 is 1.96 bits per heavy atom. The van der Waals surface area contributed by atoms with Crippen molar-refractivity contribution in [2.45, 2.75) is 58.2 Å². The predicted molar refractivity (Wildman–Crippen MR) is 98.8 cm³/mol. The molecule has 0 fully saturated rings. The van der Waals surface area contributed by atoms with Crippen LogP contribution in [-0.2, 0) is 17.6 Å². The van der Waals surface area contributed by atoms with Crippen LogP contribution in [0.4, 0.5) is 8.78 Å². The number of halogens is 2. The molecular formula is C22H24F2O3. The highest BCUT2D eigenvalue weighted by Gasteiger charge is 2.34. The number of aliphatic hydroxyl groups excluding tert-OH is 1. The smallest absolute Gasteiger partial charge is 0.341 e. The molecule has 3 unspecified atom stereocenters. The number of aryl methyl sites for hydroxylation is 1. The summed E-state index contributed by atoms with van der Waals surface area (Å²) in [5.41, 5.74) is 1.93. The highest BCUT2D eigenvalue weighted by atomic mass is 19.1. The minimum Gasteiger partial charge on any atom is -0.458 e. The van der Waals surface area contributed by atoms with Gasteiger partial charge in [0.1, 0.15) is 17.7 Å². The van der Waals surface area contributed by atoms with E-state index in [4.69, 9.17) is 4.74 Å². The molecule has 3 atom stereocenters. The van der Waals surface area contributed by atoms with Gasteiger partial charge in [-0.1, -0.05) is 44.5 Å². The van der Waals surface area contributed by atoms with Crippen molar-refractivity contribution in [1.82, 2.24) is 0 Å². The van der Waals surface area contributed by atoms with Gasteiger partial charge >= 0.3 is 5.97 Å². The van der Waals surface area contributed by atoms with Crippen LogP contribution in [0.1, 0.15) is 71.8 Å². The molecule has 3 nitrogen and oxygen atoms in total. The van der Waals surface area contributed by atoms with E-state index in [0.717, 1.165) is 12.0 Å². The van der Waals surface area contributed by atoms with Crippen molar-refractivity contribution in [3.05, 3.63) is 69.8 Å². The van der Waals surface area contributed by atoms with Crippen LogP contribution in [-0.4, -0.2) is 17.2 Å². The van der Waals surface area contributed by atoms with Crippen LogP contribution < -0.4 is 0 Å². The van der Waals surface area contributed by atoms with Crippen LogP contribution in [0.25, 0.3) is 0 Å². The molecule has 144 valence electrons. The number of hydrogen-bond acceptors (Lipinski definition) is 3. The highest BCUT2D eigenvalue weighted by molar-refractivity contribution is 5.93. The molecule has 5 heteroatoms. The van der Waals surface area contributed by atoms with E-state index in [-0.39, 0.29) is 22.9 Å². The fourth-order valence-electron chi connectivity index (χ4n) is 3.61. The number of hydrogen-bond donors (Lipinski definition) is 1. The maximum atomic E-state index is 14.6. The first-order chi connectivity index (χ1) is 12.8. The summed E-state index contributed by atoms with van der Waals surface area (Å²) in [5.74, 6) is -1.95. The van der Waals surface area contributed by atoms with Gasteiger partial charge in [0.25, 0.3) is 0 Å². The number of esters is 1. The van der Waals surface area contributed by atoms with Crippen LogP contribution in [0.5, 0.6) is 0 Å². The van der Waals surface area contributed by atoms with E-state index in [1.807, 2.05) is 19.9 Å². The minimum atomic E-state index is -1.01. The molecule has 1 heterocycles. The molecule has 0 saturated carbocycles. The third kappa shape index (κ3) is 3.74. The summed E-state index contributed by atoms with van der Waals surface area (Å²) in [6.07, 6.45) is 0.375. The molecule has 2 aromatic rings. The predicted octanol–water partition coefficient (Wildman–Crippen LogP) is 4.86. The van der Waals surface area contributed by atoms with E-state index < -0.39 is 24.0 Å². The average Bonchev–Trinajstić information content (AvgIpc) is 2.62. The maximum absolute atomic E-state index is 14.6. The Kier molecular flexibility index (Phi) is 5.61. The molecule has 1 N–H and O–H groups in total. The number of carbonyl (C=O) groups is 1. The van der Waals surface area contributed by atoms with E-state index in [2.05, 4.69) is 0 Å². The minimum absolute atomic E-state index is 0.0748. The molecule has 1 aliphatic rings. The molecular weight excluding hydrogens is 350 g/mol. The van der Waals surface area contributed by atoms with Gasteiger partial charge < -0.3 is 9.84 Å². The fourth-order valence-corrected chi connectivity index (χ4v) is 3.61. The maximum Gasteiger partial charge on any atom is 0.341 e. The molecule has 0 radical (unpaired) electrons. The number of cyclic esters (lactones) is 1. The summed E-state index contributed by atoms with van der Waals surface area (Å²) in [6, 6.07) is 8.29. The number of ether oxygens (including phenoxy) is 1. The van der Waals surface area contributed by atoms with Crippen LogP contribution in [0.15, 0.2) is 30.3 Å². The molecule has 0 saturated heterocycles. The topological polar surface area (TPSA) is 46.5 Å². The van der Waals surface area contributed by atoms with Crippen molar-refractivity contribution < 1.29 is 23.4 Å². The largest absolute Gasteiger partial charge is 0.458 e. The lowest BCUT2D eigenvalue weighted by Crippen LogP contribution is -2.33. The quantitative estimate of drug-likeness (QED) is 0.761. The second kappa shape index (κ2) is 7.77. The summed E-state index contributed by atoms with van der Waals surface area (Å²) in [6.45, 7) is 5.31. The van der Waals surface area contributed by atoms with Gasteiger partial charge in [-0.3, -0.25) is 0 Å². The van der Waals surface area contributed by atoms with Crippen molar-refractivity contribution in [2.75, 3.05) is 0 Å². The Hall–Kier alpha value is -2.27. The van der Waals surface area contributed by atoms with Gasteiger partial charge in [-0.2, -0.15) is 0 Å². The van der Waals surface area contributed by atoms with Gasteiger partial charge in [0, 0.05) is 17.9 Å². The van der Waals surface area contributed by atoms with E-state index in [1.165, 1.54) is 19.1 Å². The number of carbonyl (C=O) groups excluding carboxylic acids is 1. The summed E-state index contributed by atoms with van der Waals surface area (Å²) in [5, 5.41) is 9.64. The average molecular weight is 374 g/mol. The van der Waals surface area contributed by atoms with E-state index in [9.17, 15) is 18.7 Å². The van der Waals surface area contributed by atoms with Crippen LogP contribution in [0, 0.1) is 11.6 Å². The second-order valence-electron chi connectivity index (χ2n) is 7.22. The van der Waals surface area contributed by atoms with Crippen LogP contribution in [0.2, 0.25) is 0 Å². The lowest BCUT2D eigenvalue weighted by atomic mass is 9.86. The summed E-state index contributed by atoms with van der Waals surface area (Å²) >= 11 is 0. The molecule has 0 aromatic heterocycles. The van der Waals surface area contributed by atoms with E-state index in [0.29, 0.717) is 24.0 Å². The van der Waals surface area contributed by atoms with Crippen LogP contribution in [0.3, 0.4) is 0 Å². The van der Waals surface area contributed by atoms with Crippen molar-refractivity contribution in [3.8, 4) is 0 Å². The Morgan fingerprint density at radius 3 is 2.59 bits per heavy atom. The molecule has 1 aliphatic heterocycles. The third-order valence-electron chi connectivity index (χ3n) is 5.27. The Balaban J connectivity index is 1.87. The summed E-state index contributed by atoms with van der Waals surface area (Å²) < 4.78 is 34.3. The van der Waals surface area contributed by atoms with Gasteiger partial charge in [-0.25, -0.2) is 13.6 Å². The standard InChI is InChI=1S/C22H24F2O3/c1-4-5-14-6-7-15(10-18(14)23)12(2)19-11-16-8-9-17(13(3)25)21(24)20(16)22(26)27-19/h6-10,12-13,19,25H,4-5,11H2,1-3H3. The van der Waals surface area contributed by atoms with Gasteiger partial charge in [0.2, 0.25) is 0 Å². The first kappa shape index (κ1) is 19.5. The zero-order valence-electron chi connectivity index (χ0n) is 15.8. The third-order valence-corrected chi connectivity index (χ3v) is 5.27. The lowest BCUT2D eigenvalue weighted by Gasteiger charge is -2.30. The van der Waals surface area contributed by atoms with Crippen molar-refractivity contribution >= 4 is 5.97 Å². The van der Waals surface area contributed by atoms with Crippen molar-refractivity contribution in [3.63, 3.8) is 0 Å². The molecule has 27 heavy (non-hydrogen) atoms. The molecule has 0 amide bonds. The molecule has 3 rings (SSSR count). The van der Waals surface area contributed by atoms with Gasteiger partial charge in [0.05, 0.1) is 11.7 Å². The van der Waals surface area contributed by atoms with Gasteiger partial charge in [0.15, 0.2) is 0 Å².